The first-order chi connectivity index (χ1) is 7.74. The van der Waals surface area contributed by atoms with Gasteiger partial charge >= 0.3 is 0 Å². The quantitative estimate of drug-likeness (QED) is 0.818. The number of piperidine rings is 1. The summed E-state index contributed by atoms with van der Waals surface area (Å²) in [6, 6.07) is 6.58. The van der Waals surface area contributed by atoms with Crippen molar-refractivity contribution in [2.45, 2.75) is 19.3 Å². The zero-order valence-corrected chi connectivity index (χ0v) is 9.38. The van der Waals surface area contributed by atoms with Gasteiger partial charge in [-0.05, 0) is 43.5 Å². The van der Waals surface area contributed by atoms with Gasteiger partial charge in [0.1, 0.15) is 5.82 Å². The molecular formula is C13H18FNO. The molecule has 0 aliphatic carbocycles. The van der Waals surface area contributed by atoms with Gasteiger partial charge in [0.15, 0.2) is 0 Å². The van der Waals surface area contributed by atoms with Crippen molar-refractivity contribution in [3.8, 4) is 0 Å². The van der Waals surface area contributed by atoms with Crippen LogP contribution in [-0.2, 0) is 6.42 Å². The van der Waals surface area contributed by atoms with Crippen LogP contribution in [0.4, 0.5) is 4.39 Å². The third kappa shape index (κ3) is 2.60. The molecule has 1 heterocycles. The molecule has 0 amide bonds. The topological polar surface area (TPSA) is 32.3 Å². The smallest absolute Gasteiger partial charge is 0.123 e. The van der Waals surface area contributed by atoms with E-state index in [0.717, 1.165) is 37.9 Å². The Morgan fingerprint density at radius 1 is 1.31 bits per heavy atom. The third-order valence-electron chi connectivity index (χ3n) is 3.39. The third-order valence-corrected chi connectivity index (χ3v) is 3.39. The lowest BCUT2D eigenvalue weighted by Gasteiger charge is -2.36. The molecule has 1 saturated heterocycles. The van der Waals surface area contributed by atoms with Crippen molar-refractivity contribution in [2.24, 2.45) is 5.41 Å². The Morgan fingerprint density at radius 3 is 2.62 bits per heavy atom. The molecule has 1 unspecified atom stereocenters. The normalized spacial score (nSPS) is 25.6. The van der Waals surface area contributed by atoms with Crippen LogP contribution in [0.3, 0.4) is 0 Å². The van der Waals surface area contributed by atoms with Crippen LogP contribution in [0.5, 0.6) is 0 Å². The first-order valence-electron chi connectivity index (χ1n) is 5.80. The predicted octanol–water partition coefficient (Wildman–Crippen LogP) is 1.73. The average Bonchev–Trinajstić information content (AvgIpc) is 2.33. The lowest BCUT2D eigenvalue weighted by molar-refractivity contribution is 0.0948. The number of rotatable bonds is 3. The minimum Gasteiger partial charge on any atom is -0.396 e. The van der Waals surface area contributed by atoms with Crippen LogP contribution >= 0.6 is 0 Å². The van der Waals surface area contributed by atoms with Crippen LogP contribution < -0.4 is 5.32 Å². The standard InChI is InChI=1S/C13H18FNO/c14-12-4-2-11(3-5-12)8-13(10-16)6-1-7-15-9-13/h2-5,15-16H,1,6-10H2. The van der Waals surface area contributed by atoms with Gasteiger partial charge in [-0.25, -0.2) is 4.39 Å². The van der Waals surface area contributed by atoms with Crippen LogP contribution in [-0.4, -0.2) is 24.8 Å². The summed E-state index contributed by atoms with van der Waals surface area (Å²) in [6.07, 6.45) is 2.95. The van der Waals surface area contributed by atoms with Gasteiger partial charge in [0.25, 0.3) is 0 Å². The maximum atomic E-state index is 12.8. The highest BCUT2D eigenvalue weighted by atomic mass is 19.1. The van der Waals surface area contributed by atoms with E-state index in [4.69, 9.17) is 0 Å². The van der Waals surface area contributed by atoms with Crippen LogP contribution in [0.2, 0.25) is 0 Å². The summed E-state index contributed by atoms with van der Waals surface area (Å²) >= 11 is 0. The van der Waals surface area contributed by atoms with E-state index in [-0.39, 0.29) is 17.8 Å². The summed E-state index contributed by atoms with van der Waals surface area (Å²) in [6.45, 7) is 2.07. The van der Waals surface area contributed by atoms with Gasteiger partial charge in [-0.2, -0.15) is 0 Å². The van der Waals surface area contributed by atoms with Crippen molar-refractivity contribution in [3.63, 3.8) is 0 Å². The minimum absolute atomic E-state index is 0.0594. The largest absolute Gasteiger partial charge is 0.396 e. The Bertz CT molecular complexity index is 330. The Kier molecular flexibility index (Phi) is 3.56. The second-order valence-electron chi connectivity index (χ2n) is 4.74. The SMILES string of the molecule is OCC1(Cc2ccc(F)cc2)CCCNC1. The predicted molar refractivity (Wildman–Crippen MR) is 61.7 cm³/mol. The van der Waals surface area contributed by atoms with Crippen molar-refractivity contribution in [1.82, 2.24) is 5.32 Å². The molecule has 2 rings (SSSR count). The first-order valence-corrected chi connectivity index (χ1v) is 5.80. The zero-order valence-electron chi connectivity index (χ0n) is 9.38. The Hall–Kier alpha value is -0.930. The molecule has 88 valence electrons. The summed E-state index contributed by atoms with van der Waals surface area (Å²) < 4.78 is 12.8. The number of nitrogens with one attached hydrogen (secondary N) is 1. The van der Waals surface area contributed by atoms with Gasteiger partial charge in [-0.15, -0.1) is 0 Å². The Balaban J connectivity index is 2.08. The van der Waals surface area contributed by atoms with Gasteiger partial charge < -0.3 is 10.4 Å². The number of aliphatic hydroxyl groups excluding tert-OH is 1. The highest BCUT2D eigenvalue weighted by Crippen LogP contribution is 2.30. The molecule has 0 radical (unpaired) electrons. The number of aliphatic hydroxyl groups is 1. The van der Waals surface area contributed by atoms with E-state index in [9.17, 15) is 9.50 Å². The summed E-state index contributed by atoms with van der Waals surface area (Å²) in [7, 11) is 0. The molecule has 1 fully saturated rings. The fourth-order valence-electron chi connectivity index (χ4n) is 2.41. The maximum Gasteiger partial charge on any atom is 0.123 e. The molecule has 1 aromatic carbocycles. The first kappa shape index (κ1) is 11.6. The molecule has 2 nitrogen and oxygen atoms in total. The van der Waals surface area contributed by atoms with Crippen molar-refractivity contribution in [3.05, 3.63) is 35.6 Å². The molecule has 0 spiro atoms. The van der Waals surface area contributed by atoms with Crippen molar-refractivity contribution < 1.29 is 9.50 Å². The number of hydrogen-bond donors (Lipinski definition) is 2. The molecule has 2 N–H and O–H groups in total. The van der Waals surface area contributed by atoms with Gasteiger partial charge in [0, 0.05) is 12.0 Å². The van der Waals surface area contributed by atoms with Crippen molar-refractivity contribution in [2.75, 3.05) is 19.7 Å². The van der Waals surface area contributed by atoms with E-state index >= 15 is 0 Å². The minimum atomic E-state index is -0.205. The molecule has 1 aromatic rings. The summed E-state index contributed by atoms with van der Waals surface area (Å²) in [4.78, 5) is 0. The summed E-state index contributed by atoms with van der Waals surface area (Å²) in [5.74, 6) is -0.205. The summed E-state index contributed by atoms with van der Waals surface area (Å²) in [5, 5.41) is 12.9. The summed E-state index contributed by atoms with van der Waals surface area (Å²) in [5.41, 5.74) is 1.04. The van der Waals surface area contributed by atoms with Crippen LogP contribution in [0.25, 0.3) is 0 Å². The Labute approximate surface area is 95.5 Å². The van der Waals surface area contributed by atoms with E-state index in [1.807, 2.05) is 0 Å². The highest BCUT2D eigenvalue weighted by Gasteiger charge is 2.31. The fraction of sp³-hybridized carbons (Fsp3) is 0.538. The van der Waals surface area contributed by atoms with E-state index in [2.05, 4.69) is 5.32 Å². The molecule has 0 aromatic heterocycles. The van der Waals surface area contributed by atoms with E-state index in [0.29, 0.717) is 0 Å². The van der Waals surface area contributed by atoms with Crippen LogP contribution in [0, 0.1) is 11.2 Å². The monoisotopic (exact) mass is 223 g/mol. The molecule has 3 heteroatoms. The number of hydrogen-bond acceptors (Lipinski definition) is 2. The van der Waals surface area contributed by atoms with Crippen LogP contribution in [0.1, 0.15) is 18.4 Å². The van der Waals surface area contributed by atoms with Crippen molar-refractivity contribution in [1.29, 1.82) is 0 Å². The van der Waals surface area contributed by atoms with Gasteiger partial charge in [-0.3, -0.25) is 0 Å². The maximum absolute atomic E-state index is 12.8. The molecule has 1 aliphatic heterocycles. The second-order valence-corrected chi connectivity index (χ2v) is 4.74. The lowest BCUT2D eigenvalue weighted by atomic mass is 9.76. The lowest BCUT2D eigenvalue weighted by Crippen LogP contribution is -2.44. The van der Waals surface area contributed by atoms with Crippen LogP contribution in [0.15, 0.2) is 24.3 Å². The van der Waals surface area contributed by atoms with E-state index in [1.54, 1.807) is 12.1 Å². The number of halogens is 1. The van der Waals surface area contributed by atoms with Gasteiger partial charge in [-0.1, -0.05) is 12.1 Å². The molecule has 1 atom stereocenters. The van der Waals surface area contributed by atoms with E-state index in [1.165, 1.54) is 12.1 Å². The van der Waals surface area contributed by atoms with Crippen molar-refractivity contribution >= 4 is 0 Å². The Morgan fingerprint density at radius 2 is 2.06 bits per heavy atom. The van der Waals surface area contributed by atoms with E-state index < -0.39 is 0 Å². The second kappa shape index (κ2) is 4.93. The molecular weight excluding hydrogens is 205 g/mol. The fourth-order valence-corrected chi connectivity index (χ4v) is 2.41. The average molecular weight is 223 g/mol. The number of benzene rings is 1. The molecule has 0 bridgehead atoms. The highest BCUT2D eigenvalue weighted by molar-refractivity contribution is 5.18. The zero-order chi connectivity index (χ0) is 11.4. The molecule has 16 heavy (non-hydrogen) atoms. The van der Waals surface area contributed by atoms with Gasteiger partial charge in [0.2, 0.25) is 0 Å². The molecule has 1 aliphatic rings. The van der Waals surface area contributed by atoms with Gasteiger partial charge in [0.05, 0.1) is 6.61 Å². The molecule has 0 saturated carbocycles.